The summed E-state index contributed by atoms with van der Waals surface area (Å²) < 4.78 is 5.20. The molecule has 5 nitrogen and oxygen atoms in total. The van der Waals surface area contributed by atoms with Gasteiger partial charge in [-0.25, -0.2) is 9.80 Å². The van der Waals surface area contributed by atoms with E-state index in [0.29, 0.717) is 12.1 Å². The molecular formula is C11H18N2O3. The second-order valence-corrected chi connectivity index (χ2v) is 5.02. The van der Waals surface area contributed by atoms with E-state index >= 15 is 0 Å². The fraction of sp³-hybridized carbons (Fsp3) is 0.727. The summed E-state index contributed by atoms with van der Waals surface area (Å²) in [5.74, 6) is -0.740. The van der Waals surface area contributed by atoms with Gasteiger partial charge in [-0.2, -0.15) is 5.10 Å². The molecule has 0 aliphatic carbocycles. The van der Waals surface area contributed by atoms with Gasteiger partial charge in [0.25, 0.3) is 0 Å². The third kappa shape index (κ3) is 3.05. The smallest absolute Gasteiger partial charge is 0.355 e. The molecule has 0 bridgehead atoms. The van der Waals surface area contributed by atoms with Crippen LogP contribution in [0, 0.1) is 5.92 Å². The van der Waals surface area contributed by atoms with Crippen LogP contribution < -0.4 is 0 Å². The molecule has 5 heteroatoms. The Morgan fingerprint density at radius 2 is 2.06 bits per heavy atom. The minimum absolute atomic E-state index is 0.0766. The van der Waals surface area contributed by atoms with Crippen molar-refractivity contribution in [2.24, 2.45) is 11.0 Å². The molecule has 0 radical (unpaired) electrons. The zero-order valence-electron chi connectivity index (χ0n) is 10.4. The second-order valence-electron chi connectivity index (χ2n) is 5.02. The van der Waals surface area contributed by atoms with Crippen molar-refractivity contribution in [1.29, 1.82) is 0 Å². The lowest BCUT2D eigenvalue weighted by molar-refractivity contribution is -0.146. The molecule has 16 heavy (non-hydrogen) atoms. The molecule has 90 valence electrons. The molecule has 0 N–H and O–H groups in total. The quantitative estimate of drug-likeness (QED) is 0.631. The molecule has 1 amide bonds. The predicted molar refractivity (Wildman–Crippen MR) is 59.8 cm³/mol. The molecule has 0 fully saturated rings. The molecule has 0 aromatic heterocycles. The number of ether oxygens (including phenoxy) is 1. The predicted octanol–water partition coefficient (Wildman–Crippen LogP) is 1.18. The van der Waals surface area contributed by atoms with Crippen molar-refractivity contribution in [1.82, 2.24) is 5.01 Å². The van der Waals surface area contributed by atoms with Crippen LogP contribution in [0.2, 0.25) is 0 Å². The Labute approximate surface area is 95.4 Å². The van der Waals surface area contributed by atoms with Crippen LogP contribution in [0.1, 0.15) is 34.1 Å². The summed E-state index contributed by atoms with van der Waals surface area (Å²) in [6.07, 6.45) is 0.345. The van der Waals surface area contributed by atoms with Crippen molar-refractivity contribution >= 4 is 17.6 Å². The summed E-state index contributed by atoms with van der Waals surface area (Å²) in [6.45, 7) is 7.17. The molecule has 1 atom stereocenters. The van der Waals surface area contributed by atoms with Gasteiger partial charge in [-0.05, 0) is 20.8 Å². The summed E-state index contributed by atoms with van der Waals surface area (Å²) in [5.41, 5.74) is -0.229. The molecular weight excluding hydrogens is 208 g/mol. The maximum Gasteiger partial charge on any atom is 0.355 e. The number of rotatable bonds is 1. The van der Waals surface area contributed by atoms with E-state index in [1.807, 2.05) is 0 Å². The van der Waals surface area contributed by atoms with Crippen molar-refractivity contribution in [2.75, 3.05) is 7.05 Å². The molecule has 1 heterocycles. The van der Waals surface area contributed by atoms with Gasteiger partial charge in [-0.1, -0.05) is 6.92 Å². The molecule has 1 rings (SSSR count). The first kappa shape index (κ1) is 12.7. The Bertz CT molecular complexity index is 342. The van der Waals surface area contributed by atoms with E-state index in [4.69, 9.17) is 4.74 Å². The highest BCUT2D eigenvalue weighted by Crippen LogP contribution is 2.17. The summed E-state index contributed by atoms with van der Waals surface area (Å²) in [4.78, 5) is 23.2. The van der Waals surface area contributed by atoms with Crippen LogP contribution in [0.3, 0.4) is 0 Å². The van der Waals surface area contributed by atoms with Gasteiger partial charge in [0.1, 0.15) is 11.3 Å². The lowest BCUT2D eigenvalue weighted by atomic mass is 10.0. The average molecular weight is 226 g/mol. The number of hydrazone groups is 1. The van der Waals surface area contributed by atoms with E-state index < -0.39 is 11.6 Å². The highest BCUT2D eigenvalue weighted by atomic mass is 16.6. The van der Waals surface area contributed by atoms with Gasteiger partial charge < -0.3 is 4.74 Å². The first-order valence-corrected chi connectivity index (χ1v) is 5.29. The van der Waals surface area contributed by atoms with E-state index in [1.165, 1.54) is 5.01 Å². The van der Waals surface area contributed by atoms with Crippen LogP contribution >= 0.6 is 0 Å². The SMILES string of the molecule is C[C@@H]1CC(C(=O)OC(C)(C)C)=NN(C)C1=O. The molecule has 1 aliphatic rings. The normalized spacial score (nSPS) is 21.8. The lowest BCUT2D eigenvalue weighted by Gasteiger charge is -2.26. The number of hydrogen-bond donors (Lipinski definition) is 0. The van der Waals surface area contributed by atoms with Gasteiger partial charge in [0.05, 0.1) is 0 Å². The number of carbonyl (C=O) groups is 2. The van der Waals surface area contributed by atoms with Crippen LogP contribution in [0.5, 0.6) is 0 Å². The van der Waals surface area contributed by atoms with E-state index in [1.54, 1.807) is 34.7 Å². The van der Waals surface area contributed by atoms with Gasteiger partial charge >= 0.3 is 5.97 Å². The summed E-state index contributed by atoms with van der Waals surface area (Å²) in [5, 5.41) is 5.13. The van der Waals surface area contributed by atoms with Gasteiger partial charge in [0.15, 0.2) is 0 Å². The maximum absolute atomic E-state index is 11.7. The van der Waals surface area contributed by atoms with Crippen molar-refractivity contribution in [3.05, 3.63) is 0 Å². The van der Waals surface area contributed by atoms with Gasteiger partial charge in [0.2, 0.25) is 5.91 Å². The Balaban J connectivity index is 2.78. The molecule has 0 spiro atoms. The van der Waals surface area contributed by atoms with E-state index in [2.05, 4.69) is 5.10 Å². The minimum Gasteiger partial charge on any atom is -0.455 e. The monoisotopic (exact) mass is 226 g/mol. The molecule has 1 aliphatic heterocycles. The molecule has 0 saturated carbocycles. The molecule has 0 unspecified atom stereocenters. The summed E-state index contributed by atoms with van der Waals surface area (Å²) in [6, 6.07) is 0. The van der Waals surface area contributed by atoms with Gasteiger partial charge in [0, 0.05) is 19.4 Å². The van der Waals surface area contributed by atoms with Gasteiger partial charge in [-0.15, -0.1) is 0 Å². The average Bonchev–Trinajstić information content (AvgIpc) is 2.10. The Hall–Kier alpha value is -1.39. The Morgan fingerprint density at radius 1 is 1.50 bits per heavy atom. The number of esters is 1. The molecule has 0 saturated heterocycles. The number of hydrogen-bond acceptors (Lipinski definition) is 4. The fourth-order valence-electron chi connectivity index (χ4n) is 1.43. The van der Waals surface area contributed by atoms with Crippen molar-refractivity contribution < 1.29 is 14.3 Å². The van der Waals surface area contributed by atoms with E-state index in [9.17, 15) is 9.59 Å². The summed E-state index contributed by atoms with van der Waals surface area (Å²) >= 11 is 0. The van der Waals surface area contributed by atoms with Crippen LogP contribution in [0.15, 0.2) is 5.10 Å². The largest absolute Gasteiger partial charge is 0.455 e. The summed E-state index contributed by atoms with van der Waals surface area (Å²) in [7, 11) is 1.54. The van der Waals surface area contributed by atoms with E-state index in [0.717, 1.165) is 0 Å². The number of amides is 1. The van der Waals surface area contributed by atoms with Crippen LogP contribution in [0.25, 0.3) is 0 Å². The molecule has 0 aromatic rings. The first-order chi connectivity index (χ1) is 7.20. The third-order valence-electron chi connectivity index (χ3n) is 2.15. The van der Waals surface area contributed by atoms with Crippen molar-refractivity contribution in [3.63, 3.8) is 0 Å². The molecule has 0 aromatic carbocycles. The number of nitrogens with zero attached hydrogens (tertiary/aromatic N) is 2. The standard InChI is InChI=1S/C11H18N2O3/c1-7-6-8(12-13(5)9(7)14)10(15)16-11(2,3)4/h7H,6H2,1-5H3/t7-/m1/s1. The zero-order chi connectivity index (χ0) is 12.5. The second kappa shape index (κ2) is 4.23. The Morgan fingerprint density at radius 3 is 2.50 bits per heavy atom. The lowest BCUT2D eigenvalue weighted by Crippen LogP contribution is -2.39. The maximum atomic E-state index is 11.7. The third-order valence-corrected chi connectivity index (χ3v) is 2.15. The van der Waals surface area contributed by atoms with Crippen LogP contribution in [-0.2, 0) is 14.3 Å². The fourth-order valence-corrected chi connectivity index (χ4v) is 1.43. The topological polar surface area (TPSA) is 59.0 Å². The zero-order valence-corrected chi connectivity index (χ0v) is 10.4. The highest BCUT2D eigenvalue weighted by molar-refractivity contribution is 6.37. The highest BCUT2D eigenvalue weighted by Gasteiger charge is 2.30. The van der Waals surface area contributed by atoms with Crippen LogP contribution in [0.4, 0.5) is 0 Å². The Kier molecular flexibility index (Phi) is 3.35. The van der Waals surface area contributed by atoms with Crippen molar-refractivity contribution in [2.45, 2.75) is 39.7 Å². The first-order valence-electron chi connectivity index (χ1n) is 5.29. The van der Waals surface area contributed by atoms with E-state index in [-0.39, 0.29) is 11.8 Å². The minimum atomic E-state index is -0.539. The van der Waals surface area contributed by atoms with Crippen LogP contribution in [-0.4, -0.2) is 35.2 Å². The van der Waals surface area contributed by atoms with Crippen molar-refractivity contribution in [3.8, 4) is 0 Å². The number of carbonyl (C=O) groups excluding carboxylic acids is 2. The van der Waals surface area contributed by atoms with Gasteiger partial charge in [-0.3, -0.25) is 4.79 Å².